The van der Waals surface area contributed by atoms with Crippen LogP contribution in [0.1, 0.15) is 55.9 Å². The molecule has 1 fully saturated rings. The summed E-state index contributed by atoms with van der Waals surface area (Å²) in [5, 5.41) is 5.97. The summed E-state index contributed by atoms with van der Waals surface area (Å²) in [4.78, 5) is 23.6. The van der Waals surface area contributed by atoms with E-state index in [-0.39, 0.29) is 11.6 Å². The first-order valence-corrected chi connectivity index (χ1v) is 11.7. The number of hydrogen-bond acceptors (Lipinski definition) is 5. The molecule has 1 amide bonds. The number of carbonyl (C=O) groups is 1. The second-order valence-corrected chi connectivity index (χ2v) is 9.57. The number of nitrogens with zero attached hydrogens (tertiary/aromatic N) is 2. The zero-order valence-electron chi connectivity index (χ0n) is 16.3. The van der Waals surface area contributed by atoms with Crippen molar-refractivity contribution in [2.45, 2.75) is 51.1 Å². The van der Waals surface area contributed by atoms with Crippen molar-refractivity contribution in [2.24, 2.45) is 9.98 Å². The first kappa shape index (κ1) is 19.4. The van der Waals surface area contributed by atoms with Crippen LogP contribution in [0.5, 0.6) is 0 Å². The third kappa shape index (κ3) is 4.23. The maximum atomic E-state index is 12.5. The number of hydrogen-bond donors (Lipinski definition) is 1. The standard InChI is InChI=1S/C22H25N3OS2/c1-15(2)16-7-9-17(10-8-16)23-19(26)14-28-21-20(18-6-5-13-27-18)24-22(25-21)11-3-4-12-22/h5-10,13,15H,3-4,11-12,14H2,1-2H3,(H,23,26). The van der Waals surface area contributed by atoms with Gasteiger partial charge in [-0.1, -0.05) is 43.8 Å². The van der Waals surface area contributed by atoms with E-state index in [2.05, 4.69) is 42.7 Å². The Hall–Kier alpha value is -1.92. The van der Waals surface area contributed by atoms with Gasteiger partial charge in [0, 0.05) is 5.69 Å². The summed E-state index contributed by atoms with van der Waals surface area (Å²) in [5.41, 5.74) is 2.80. The smallest absolute Gasteiger partial charge is 0.234 e. The highest BCUT2D eigenvalue weighted by Crippen LogP contribution is 2.40. The van der Waals surface area contributed by atoms with Gasteiger partial charge in [-0.15, -0.1) is 11.3 Å². The number of carbonyl (C=O) groups excluding carboxylic acids is 1. The minimum atomic E-state index is -0.273. The number of rotatable bonds is 5. The highest BCUT2D eigenvalue weighted by atomic mass is 32.2. The Kier molecular flexibility index (Phi) is 5.69. The molecule has 1 N–H and O–H groups in total. The fourth-order valence-electron chi connectivity index (χ4n) is 3.64. The van der Waals surface area contributed by atoms with Crippen LogP contribution in [0.4, 0.5) is 5.69 Å². The Balaban J connectivity index is 1.41. The van der Waals surface area contributed by atoms with Gasteiger partial charge in [0.15, 0.2) is 5.66 Å². The zero-order chi connectivity index (χ0) is 19.6. The van der Waals surface area contributed by atoms with Gasteiger partial charge in [0.05, 0.1) is 10.6 Å². The number of benzene rings is 1. The van der Waals surface area contributed by atoms with E-state index in [1.807, 2.05) is 18.2 Å². The van der Waals surface area contributed by atoms with Crippen LogP contribution in [0.25, 0.3) is 0 Å². The lowest BCUT2D eigenvalue weighted by Gasteiger charge is -2.14. The van der Waals surface area contributed by atoms with Crippen LogP contribution in [0.2, 0.25) is 0 Å². The second kappa shape index (κ2) is 8.21. The molecule has 28 heavy (non-hydrogen) atoms. The van der Waals surface area contributed by atoms with E-state index in [0.717, 1.165) is 34.2 Å². The molecule has 2 aromatic rings. The van der Waals surface area contributed by atoms with E-state index < -0.39 is 0 Å². The minimum Gasteiger partial charge on any atom is -0.325 e. The summed E-state index contributed by atoms with van der Waals surface area (Å²) >= 11 is 3.18. The van der Waals surface area contributed by atoms with Gasteiger partial charge in [-0.2, -0.15) is 0 Å². The summed E-state index contributed by atoms with van der Waals surface area (Å²) in [6.07, 6.45) is 4.38. The van der Waals surface area contributed by atoms with Gasteiger partial charge in [0.25, 0.3) is 0 Å². The Labute approximate surface area is 174 Å². The zero-order valence-corrected chi connectivity index (χ0v) is 17.9. The average Bonchev–Trinajstić information content (AvgIpc) is 3.42. The molecule has 2 heterocycles. The Morgan fingerprint density at radius 3 is 2.57 bits per heavy atom. The molecule has 0 bridgehead atoms. The average molecular weight is 412 g/mol. The van der Waals surface area contributed by atoms with Gasteiger partial charge in [-0.25, -0.2) is 4.99 Å². The Morgan fingerprint density at radius 2 is 1.93 bits per heavy atom. The number of thiophene rings is 1. The van der Waals surface area contributed by atoms with Crippen LogP contribution in [0.3, 0.4) is 0 Å². The van der Waals surface area contributed by atoms with Crippen LogP contribution < -0.4 is 5.32 Å². The molecular formula is C22H25N3OS2. The van der Waals surface area contributed by atoms with E-state index in [4.69, 9.17) is 9.98 Å². The molecule has 1 aliphatic carbocycles. The molecule has 146 valence electrons. The Morgan fingerprint density at radius 1 is 1.18 bits per heavy atom. The molecule has 1 spiro atoms. The van der Waals surface area contributed by atoms with Crippen LogP contribution in [-0.4, -0.2) is 28.1 Å². The van der Waals surface area contributed by atoms with Crippen LogP contribution >= 0.6 is 23.1 Å². The fraction of sp³-hybridized carbons (Fsp3) is 0.409. The predicted octanol–water partition coefficient (Wildman–Crippen LogP) is 5.71. The molecule has 0 radical (unpaired) electrons. The first-order chi connectivity index (χ1) is 13.5. The first-order valence-electron chi connectivity index (χ1n) is 9.81. The lowest BCUT2D eigenvalue weighted by Crippen LogP contribution is -2.17. The highest BCUT2D eigenvalue weighted by molar-refractivity contribution is 8.16. The SMILES string of the molecule is CC(C)c1ccc(NC(=O)CSC2=NC3(CCCC3)N=C2c2cccs2)cc1. The van der Waals surface area contributed by atoms with Crippen LogP contribution in [0.15, 0.2) is 51.8 Å². The van der Waals surface area contributed by atoms with Gasteiger partial charge in [0.2, 0.25) is 5.91 Å². The minimum absolute atomic E-state index is 0.0112. The molecular weight excluding hydrogens is 386 g/mol. The lowest BCUT2D eigenvalue weighted by atomic mass is 10.0. The number of amides is 1. The lowest BCUT2D eigenvalue weighted by molar-refractivity contribution is -0.113. The quantitative estimate of drug-likeness (QED) is 0.684. The van der Waals surface area contributed by atoms with Crippen molar-refractivity contribution in [1.82, 2.24) is 0 Å². The molecule has 0 saturated heterocycles. The molecule has 6 heteroatoms. The van der Waals surface area contributed by atoms with E-state index in [1.54, 1.807) is 11.3 Å². The predicted molar refractivity (Wildman–Crippen MR) is 121 cm³/mol. The molecule has 4 rings (SSSR count). The summed E-state index contributed by atoms with van der Waals surface area (Å²) < 4.78 is 0. The normalized spacial score (nSPS) is 17.8. The third-order valence-electron chi connectivity index (χ3n) is 5.19. The van der Waals surface area contributed by atoms with Crippen molar-refractivity contribution in [2.75, 3.05) is 11.1 Å². The van der Waals surface area contributed by atoms with Gasteiger partial charge in [-0.05, 0) is 60.7 Å². The van der Waals surface area contributed by atoms with E-state index in [0.29, 0.717) is 11.7 Å². The Bertz CT molecular complexity index is 892. The van der Waals surface area contributed by atoms with Crippen molar-refractivity contribution in [3.63, 3.8) is 0 Å². The van der Waals surface area contributed by atoms with E-state index in [1.165, 1.54) is 30.2 Å². The van der Waals surface area contributed by atoms with Crippen molar-refractivity contribution in [1.29, 1.82) is 0 Å². The van der Waals surface area contributed by atoms with Crippen LogP contribution in [-0.2, 0) is 4.79 Å². The fourth-order valence-corrected chi connectivity index (χ4v) is 5.29. The van der Waals surface area contributed by atoms with Gasteiger partial charge < -0.3 is 5.32 Å². The van der Waals surface area contributed by atoms with Crippen LogP contribution in [0, 0.1) is 0 Å². The number of aliphatic imine (C=N–C) groups is 2. The summed E-state index contributed by atoms with van der Waals surface area (Å²) in [6, 6.07) is 12.2. The van der Waals surface area contributed by atoms with E-state index >= 15 is 0 Å². The molecule has 0 atom stereocenters. The highest BCUT2D eigenvalue weighted by Gasteiger charge is 2.39. The molecule has 1 aliphatic heterocycles. The number of thioether (sulfide) groups is 1. The van der Waals surface area contributed by atoms with E-state index in [9.17, 15) is 4.79 Å². The summed E-state index contributed by atoms with van der Waals surface area (Å²) in [6.45, 7) is 4.33. The largest absolute Gasteiger partial charge is 0.325 e. The van der Waals surface area contributed by atoms with Gasteiger partial charge in [0.1, 0.15) is 10.8 Å². The van der Waals surface area contributed by atoms with Gasteiger partial charge in [-0.3, -0.25) is 9.79 Å². The molecule has 0 unspecified atom stereocenters. The summed E-state index contributed by atoms with van der Waals surface area (Å²) in [5.74, 6) is 0.812. The maximum absolute atomic E-state index is 12.5. The molecule has 1 aromatic heterocycles. The topological polar surface area (TPSA) is 53.8 Å². The third-order valence-corrected chi connectivity index (χ3v) is 7.03. The molecule has 2 aliphatic rings. The van der Waals surface area contributed by atoms with Crippen molar-refractivity contribution >= 4 is 45.4 Å². The monoisotopic (exact) mass is 411 g/mol. The number of nitrogens with one attached hydrogen (secondary N) is 1. The molecule has 4 nitrogen and oxygen atoms in total. The van der Waals surface area contributed by atoms with Crippen molar-refractivity contribution in [3.8, 4) is 0 Å². The number of anilines is 1. The molecule has 1 saturated carbocycles. The second-order valence-electron chi connectivity index (χ2n) is 7.66. The van der Waals surface area contributed by atoms with Crippen molar-refractivity contribution in [3.05, 3.63) is 52.2 Å². The summed E-state index contributed by atoms with van der Waals surface area (Å²) in [7, 11) is 0. The maximum Gasteiger partial charge on any atom is 0.234 e. The molecule has 1 aromatic carbocycles. The van der Waals surface area contributed by atoms with Gasteiger partial charge >= 0.3 is 0 Å². The van der Waals surface area contributed by atoms with Crippen molar-refractivity contribution < 1.29 is 4.79 Å².